The maximum atomic E-state index is 12.6. The van der Waals surface area contributed by atoms with Crippen molar-refractivity contribution >= 4 is 21.8 Å². The molecule has 0 amide bonds. The molecule has 2 atom stereocenters. The van der Waals surface area contributed by atoms with Crippen LogP contribution in [0.25, 0.3) is 0 Å². The number of nitrogens with zero attached hydrogens (tertiary/aromatic N) is 3. The van der Waals surface area contributed by atoms with Gasteiger partial charge >= 0.3 is 0 Å². The SMILES string of the molecule is CN1CCC(CN(C)S(=O)(=O)N2CCCC(CCl)C2)C1. The summed E-state index contributed by atoms with van der Waals surface area (Å²) in [5.74, 6) is 1.29. The van der Waals surface area contributed by atoms with Crippen molar-refractivity contribution in [1.82, 2.24) is 13.5 Å². The first-order valence-electron chi connectivity index (χ1n) is 7.39. The Balaban J connectivity index is 1.94. The van der Waals surface area contributed by atoms with E-state index in [1.807, 2.05) is 0 Å². The van der Waals surface area contributed by atoms with Gasteiger partial charge in [-0.1, -0.05) is 0 Å². The van der Waals surface area contributed by atoms with Crippen LogP contribution in [0.5, 0.6) is 0 Å². The van der Waals surface area contributed by atoms with Crippen LogP contribution in [0, 0.1) is 11.8 Å². The Morgan fingerprint density at radius 3 is 2.55 bits per heavy atom. The van der Waals surface area contributed by atoms with Gasteiger partial charge in [0, 0.05) is 39.1 Å². The monoisotopic (exact) mass is 323 g/mol. The number of likely N-dealkylation sites (tertiary alicyclic amines) is 1. The third-order valence-corrected chi connectivity index (χ3v) is 6.78. The van der Waals surface area contributed by atoms with Crippen molar-refractivity contribution in [2.75, 3.05) is 52.7 Å². The van der Waals surface area contributed by atoms with Gasteiger partial charge in [-0.05, 0) is 44.7 Å². The van der Waals surface area contributed by atoms with Crippen molar-refractivity contribution in [3.8, 4) is 0 Å². The first kappa shape index (κ1) is 16.5. The van der Waals surface area contributed by atoms with Crippen molar-refractivity contribution in [3.63, 3.8) is 0 Å². The molecular weight excluding hydrogens is 298 g/mol. The molecule has 0 radical (unpaired) electrons. The molecule has 2 rings (SSSR count). The Bertz CT molecular complexity index is 418. The largest absolute Gasteiger partial charge is 0.306 e. The Kier molecular flexibility index (Phi) is 5.71. The summed E-state index contributed by atoms with van der Waals surface area (Å²) >= 11 is 5.89. The highest BCUT2D eigenvalue weighted by Crippen LogP contribution is 2.23. The van der Waals surface area contributed by atoms with Crippen molar-refractivity contribution in [2.45, 2.75) is 19.3 Å². The average molecular weight is 324 g/mol. The van der Waals surface area contributed by atoms with Crippen LogP contribution in [0.2, 0.25) is 0 Å². The molecule has 0 bridgehead atoms. The first-order chi connectivity index (χ1) is 9.43. The maximum Gasteiger partial charge on any atom is 0.281 e. The number of piperidine rings is 1. The van der Waals surface area contributed by atoms with Gasteiger partial charge in [-0.25, -0.2) is 0 Å². The Morgan fingerprint density at radius 2 is 1.95 bits per heavy atom. The maximum absolute atomic E-state index is 12.6. The molecule has 0 saturated carbocycles. The van der Waals surface area contributed by atoms with E-state index in [1.54, 1.807) is 11.4 Å². The first-order valence-corrected chi connectivity index (χ1v) is 9.32. The summed E-state index contributed by atoms with van der Waals surface area (Å²) < 4.78 is 28.4. The van der Waals surface area contributed by atoms with Gasteiger partial charge < -0.3 is 4.90 Å². The van der Waals surface area contributed by atoms with Crippen LogP contribution in [-0.2, 0) is 10.2 Å². The smallest absolute Gasteiger partial charge is 0.281 e. The normalized spacial score (nSPS) is 30.2. The molecule has 0 N–H and O–H groups in total. The second-order valence-corrected chi connectivity index (χ2v) is 8.57. The number of hydrogen-bond acceptors (Lipinski definition) is 3. The number of halogens is 1. The van der Waals surface area contributed by atoms with Crippen molar-refractivity contribution in [1.29, 1.82) is 0 Å². The second-order valence-electron chi connectivity index (χ2n) is 6.23. The number of alkyl halides is 1. The summed E-state index contributed by atoms with van der Waals surface area (Å²) in [6.07, 6.45) is 3.03. The Morgan fingerprint density at radius 1 is 1.20 bits per heavy atom. The third-order valence-electron chi connectivity index (χ3n) is 4.42. The Hall–Kier alpha value is 0.120. The fourth-order valence-corrected chi connectivity index (χ4v) is 5.00. The predicted octanol–water partition coefficient (Wildman–Crippen LogP) is 1.07. The zero-order valence-electron chi connectivity index (χ0n) is 12.5. The van der Waals surface area contributed by atoms with E-state index >= 15 is 0 Å². The van der Waals surface area contributed by atoms with Gasteiger partial charge in [0.2, 0.25) is 0 Å². The lowest BCUT2D eigenvalue weighted by atomic mass is 10.0. The minimum absolute atomic E-state index is 0.297. The summed E-state index contributed by atoms with van der Waals surface area (Å²) in [5.41, 5.74) is 0. The van der Waals surface area contributed by atoms with Crippen LogP contribution in [0.3, 0.4) is 0 Å². The van der Waals surface area contributed by atoms with Gasteiger partial charge in [0.05, 0.1) is 0 Å². The lowest BCUT2D eigenvalue weighted by Crippen LogP contribution is -2.48. The van der Waals surface area contributed by atoms with E-state index in [4.69, 9.17) is 11.6 Å². The summed E-state index contributed by atoms with van der Waals surface area (Å²) in [4.78, 5) is 2.26. The van der Waals surface area contributed by atoms with Crippen molar-refractivity contribution in [2.24, 2.45) is 11.8 Å². The average Bonchev–Trinajstić information content (AvgIpc) is 2.84. The molecule has 2 aliphatic rings. The molecule has 0 aromatic rings. The van der Waals surface area contributed by atoms with E-state index in [0.29, 0.717) is 37.4 Å². The van der Waals surface area contributed by atoms with Gasteiger partial charge in [0.25, 0.3) is 10.2 Å². The van der Waals surface area contributed by atoms with E-state index in [0.717, 1.165) is 32.4 Å². The molecule has 5 nitrogen and oxygen atoms in total. The third kappa shape index (κ3) is 3.85. The highest BCUT2D eigenvalue weighted by Gasteiger charge is 2.33. The molecule has 0 spiro atoms. The van der Waals surface area contributed by atoms with Crippen LogP contribution in [0.1, 0.15) is 19.3 Å². The lowest BCUT2D eigenvalue weighted by Gasteiger charge is -2.34. The van der Waals surface area contributed by atoms with Crippen LogP contribution >= 0.6 is 11.6 Å². The molecular formula is C13H26ClN3O2S. The zero-order chi connectivity index (χ0) is 14.8. The van der Waals surface area contributed by atoms with Crippen molar-refractivity contribution in [3.05, 3.63) is 0 Å². The van der Waals surface area contributed by atoms with Crippen LogP contribution in [0.4, 0.5) is 0 Å². The number of hydrogen-bond donors (Lipinski definition) is 0. The molecule has 2 heterocycles. The fourth-order valence-electron chi connectivity index (χ4n) is 3.19. The second kappa shape index (κ2) is 6.92. The fraction of sp³-hybridized carbons (Fsp3) is 1.00. The van der Waals surface area contributed by atoms with Crippen LogP contribution in [-0.4, -0.2) is 74.6 Å². The van der Waals surface area contributed by atoms with Gasteiger partial charge in [0.1, 0.15) is 0 Å². The molecule has 0 aromatic carbocycles. The summed E-state index contributed by atoms with van der Waals surface area (Å²) in [6.45, 7) is 3.88. The van der Waals surface area contributed by atoms with Gasteiger partial charge in [0.15, 0.2) is 0 Å². The van der Waals surface area contributed by atoms with Crippen LogP contribution < -0.4 is 0 Å². The van der Waals surface area contributed by atoms with E-state index in [2.05, 4.69) is 11.9 Å². The minimum Gasteiger partial charge on any atom is -0.306 e. The topological polar surface area (TPSA) is 43.9 Å². The molecule has 0 aromatic heterocycles. The highest BCUT2D eigenvalue weighted by molar-refractivity contribution is 7.86. The molecule has 2 aliphatic heterocycles. The molecule has 2 fully saturated rings. The molecule has 2 saturated heterocycles. The molecule has 7 heteroatoms. The van der Waals surface area contributed by atoms with Crippen LogP contribution in [0.15, 0.2) is 0 Å². The molecule has 0 aliphatic carbocycles. The quantitative estimate of drug-likeness (QED) is 0.711. The Labute approximate surface area is 128 Å². The van der Waals surface area contributed by atoms with E-state index < -0.39 is 10.2 Å². The summed E-state index contributed by atoms with van der Waals surface area (Å²) in [6, 6.07) is 0. The predicted molar refractivity (Wildman–Crippen MR) is 82.2 cm³/mol. The molecule has 118 valence electrons. The number of rotatable bonds is 5. The molecule has 2 unspecified atom stereocenters. The highest BCUT2D eigenvalue weighted by atomic mass is 35.5. The van der Waals surface area contributed by atoms with Gasteiger partial charge in [-0.2, -0.15) is 17.0 Å². The van der Waals surface area contributed by atoms with E-state index in [-0.39, 0.29) is 0 Å². The van der Waals surface area contributed by atoms with E-state index in [9.17, 15) is 8.42 Å². The van der Waals surface area contributed by atoms with E-state index in [1.165, 1.54) is 4.31 Å². The zero-order valence-corrected chi connectivity index (χ0v) is 14.0. The summed E-state index contributed by atoms with van der Waals surface area (Å²) in [7, 11) is 0.473. The standard InChI is InChI=1S/C13H26ClN3O2S/c1-15-7-5-13(9-15)10-16(2)20(18,19)17-6-3-4-12(8-14)11-17/h12-13H,3-11H2,1-2H3. The van der Waals surface area contributed by atoms with Crippen molar-refractivity contribution < 1.29 is 8.42 Å². The summed E-state index contributed by atoms with van der Waals surface area (Å²) in [5, 5.41) is 0. The van der Waals surface area contributed by atoms with Gasteiger partial charge in [-0.3, -0.25) is 0 Å². The lowest BCUT2D eigenvalue weighted by molar-refractivity contribution is 0.259. The molecule has 20 heavy (non-hydrogen) atoms. The van der Waals surface area contributed by atoms with Gasteiger partial charge in [-0.15, -0.1) is 11.6 Å². The minimum atomic E-state index is -3.32.